The van der Waals surface area contributed by atoms with E-state index in [1.54, 1.807) is 32.3 Å². The lowest BCUT2D eigenvalue weighted by atomic mass is 10.2. The first-order chi connectivity index (χ1) is 13.3. The van der Waals surface area contributed by atoms with Gasteiger partial charge in [0.1, 0.15) is 4.88 Å². The lowest BCUT2D eigenvalue weighted by molar-refractivity contribution is -0.136. The van der Waals surface area contributed by atoms with Gasteiger partial charge in [-0.2, -0.15) is 0 Å². The zero-order valence-electron chi connectivity index (χ0n) is 15.5. The van der Waals surface area contributed by atoms with Crippen LogP contribution >= 0.6 is 11.3 Å². The number of hydrogen-bond donors (Lipinski definition) is 0. The zero-order valence-corrected chi connectivity index (χ0v) is 17.1. The number of hydrogen-bond acceptors (Lipinski definition) is 9. The number of ether oxygens (including phenoxy) is 1. The van der Waals surface area contributed by atoms with Crippen molar-refractivity contribution in [3.05, 3.63) is 29.0 Å². The molecule has 9 nitrogen and oxygen atoms in total. The minimum atomic E-state index is -3.11. The van der Waals surface area contributed by atoms with Gasteiger partial charge in [-0.3, -0.25) is 4.79 Å². The number of aryl methyl sites for hydroxylation is 1. The van der Waals surface area contributed by atoms with Gasteiger partial charge in [-0.05, 0) is 26.3 Å². The zero-order chi connectivity index (χ0) is 20.3. The van der Waals surface area contributed by atoms with Crippen LogP contribution < -0.4 is 0 Å². The topological polar surface area (TPSA) is 119 Å². The van der Waals surface area contributed by atoms with Crippen LogP contribution in [0.5, 0.6) is 0 Å². The Morgan fingerprint density at radius 3 is 2.64 bits per heavy atom. The molecule has 1 amide bonds. The largest absolute Gasteiger partial charge is 0.451 e. The van der Waals surface area contributed by atoms with Crippen molar-refractivity contribution in [2.24, 2.45) is 0 Å². The van der Waals surface area contributed by atoms with Gasteiger partial charge in [-0.25, -0.2) is 28.2 Å². The van der Waals surface area contributed by atoms with Crippen LogP contribution in [0.15, 0.2) is 18.5 Å². The van der Waals surface area contributed by atoms with E-state index in [4.69, 9.17) is 4.74 Å². The fourth-order valence-electron chi connectivity index (χ4n) is 3.03. The number of thiazole rings is 1. The Kier molecular flexibility index (Phi) is 6.04. The number of rotatable bonds is 6. The molecule has 0 saturated carbocycles. The van der Waals surface area contributed by atoms with Gasteiger partial charge in [-0.15, -0.1) is 11.3 Å². The molecule has 2 aromatic heterocycles. The molecule has 1 aliphatic rings. The number of nitrogens with zero attached hydrogens (tertiary/aromatic N) is 4. The van der Waals surface area contributed by atoms with Crippen LogP contribution in [0.2, 0.25) is 0 Å². The number of likely N-dealkylation sites (N-methyl/N-ethyl adjacent to an activating group) is 1. The summed E-state index contributed by atoms with van der Waals surface area (Å²) in [5.41, 5.74) is 0.471. The van der Waals surface area contributed by atoms with Crippen LogP contribution in [0.1, 0.15) is 28.7 Å². The molecule has 0 aromatic carbocycles. The normalized spacial score (nSPS) is 18.0. The van der Waals surface area contributed by atoms with Gasteiger partial charge in [0.05, 0.1) is 17.2 Å². The van der Waals surface area contributed by atoms with Gasteiger partial charge in [0, 0.05) is 25.0 Å². The number of carbonyl (C=O) groups is 2. The Morgan fingerprint density at radius 1 is 1.32 bits per heavy atom. The van der Waals surface area contributed by atoms with E-state index in [1.165, 1.54) is 4.90 Å². The minimum Gasteiger partial charge on any atom is -0.451 e. The summed E-state index contributed by atoms with van der Waals surface area (Å²) in [5, 5.41) is 0.489. The van der Waals surface area contributed by atoms with Gasteiger partial charge in [0.15, 0.2) is 27.3 Å². The molecule has 1 atom stereocenters. The third-order valence-electron chi connectivity index (χ3n) is 4.38. The first-order valence-electron chi connectivity index (χ1n) is 8.72. The summed E-state index contributed by atoms with van der Waals surface area (Å²) in [6, 6.07) is 1.31. The number of aromatic nitrogens is 3. The van der Waals surface area contributed by atoms with Gasteiger partial charge in [-0.1, -0.05) is 0 Å². The Bertz CT molecular complexity index is 975. The molecule has 11 heteroatoms. The van der Waals surface area contributed by atoms with Crippen LogP contribution in [-0.2, 0) is 19.4 Å². The minimum absolute atomic E-state index is 0.0467. The average Bonchev–Trinajstić information content (AvgIpc) is 3.23. The molecule has 1 saturated heterocycles. The Balaban J connectivity index is 1.63. The maximum Gasteiger partial charge on any atom is 0.350 e. The van der Waals surface area contributed by atoms with Crippen molar-refractivity contribution in [1.29, 1.82) is 0 Å². The van der Waals surface area contributed by atoms with Crippen molar-refractivity contribution in [1.82, 2.24) is 19.9 Å². The SMILES string of the molecule is CCN(C(=O)COC(=O)c1sc(-c2ncccn2)nc1C)C1CCS(=O)(=O)C1. The predicted octanol–water partition coefficient (Wildman–Crippen LogP) is 1.10. The molecule has 1 unspecified atom stereocenters. The van der Waals surface area contributed by atoms with Gasteiger partial charge in [0.2, 0.25) is 0 Å². The molecule has 28 heavy (non-hydrogen) atoms. The van der Waals surface area contributed by atoms with Crippen molar-refractivity contribution in [2.45, 2.75) is 26.3 Å². The van der Waals surface area contributed by atoms with Crippen molar-refractivity contribution in [3.8, 4) is 10.8 Å². The third kappa shape index (κ3) is 4.53. The smallest absolute Gasteiger partial charge is 0.350 e. The molecule has 0 N–H and O–H groups in total. The summed E-state index contributed by atoms with van der Waals surface area (Å²) in [6.07, 6.45) is 3.57. The Morgan fingerprint density at radius 2 is 2.04 bits per heavy atom. The molecule has 0 bridgehead atoms. The molecule has 150 valence electrons. The maximum absolute atomic E-state index is 12.4. The van der Waals surface area contributed by atoms with Crippen LogP contribution in [0.25, 0.3) is 10.8 Å². The standard InChI is InChI=1S/C17H20N4O5S2/c1-3-21(12-5-8-28(24,25)10-12)13(22)9-26-17(23)14-11(2)20-16(27-14)15-18-6-4-7-19-15/h4,6-7,12H,3,5,8-10H2,1-2H3. The van der Waals surface area contributed by atoms with E-state index in [0.717, 1.165) is 11.3 Å². The second kappa shape index (κ2) is 8.31. The van der Waals surface area contributed by atoms with E-state index in [0.29, 0.717) is 29.5 Å². The summed E-state index contributed by atoms with van der Waals surface area (Å²) < 4.78 is 28.5. The third-order valence-corrected chi connectivity index (χ3v) is 7.26. The lowest BCUT2D eigenvalue weighted by Gasteiger charge is -2.26. The van der Waals surface area contributed by atoms with E-state index in [2.05, 4.69) is 15.0 Å². The Labute approximate surface area is 166 Å². The molecular weight excluding hydrogens is 404 g/mol. The van der Waals surface area contributed by atoms with E-state index in [9.17, 15) is 18.0 Å². The average molecular weight is 425 g/mol. The Hall–Kier alpha value is -2.40. The first kappa shape index (κ1) is 20.3. The summed E-state index contributed by atoms with van der Waals surface area (Å²) in [5.74, 6) is -0.627. The summed E-state index contributed by atoms with van der Waals surface area (Å²) in [6.45, 7) is 3.34. The second-order valence-corrected chi connectivity index (χ2v) is 9.55. The lowest BCUT2D eigenvalue weighted by Crippen LogP contribution is -2.43. The van der Waals surface area contributed by atoms with Crippen molar-refractivity contribution < 1.29 is 22.7 Å². The molecule has 0 spiro atoms. The molecule has 0 aliphatic carbocycles. The summed E-state index contributed by atoms with van der Waals surface area (Å²) in [4.78, 5) is 39.1. The van der Waals surface area contributed by atoms with Crippen molar-refractivity contribution >= 4 is 33.1 Å². The highest BCUT2D eigenvalue weighted by atomic mass is 32.2. The fraction of sp³-hybridized carbons (Fsp3) is 0.471. The number of amides is 1. The molecule has 3 rings (SSSR count). The van der Waals surface area contributed by atoms with Crippen LogP contribution in [0.3, 0.4) is 0 Å². The first-order valence-corrected chi connectivity index (χ1v) is 11.4. The second-order valence-electron chi connectivity index (χ2n) is 6.32. The van der Waals surface area contributed by atoms with Gasteiger partial charge >= 0.3 is 5.97 Å². The number of carbonyl (C=O) groups excluding carboxylic acids is 2. The van der Waals surface area contributed by atoms with Gasteiger partial charge < -0.3 is 9.64 Å². The van der Waals surface area contributed by atoms with Crippen molar-refractivity contribution in [3.63, 3.8) is 0 Å². The molecule has 1 fully saturated rings. The highest BCUT2D eigenvalue weighted by Crippen LogP contribution is 2.26. The van der Waals surface area contributed by atoms with Crippen LogP contribution in [0.4, 0.5) is 0 Å². The maximum atomic E-state index is 12.4. The molecule has 1 aliphatic heterocycles. The predicted molar refractivity (Wildman–Crippen MR) is 103 cm³/mol. The summed E-state index contributed by atoms with van der Waals surface area (Å²) >= 11 is 1.10. The number of esters is 1. The summed E-state index contributed by atoms with van der Waals surface area (Å²) in [7, 11) is -3.11. The molecule has 3 heterocycles. The van der Waals surface area contributed by atoms with E-state index >= 15 is 0 Å². The molecule has 2 aromatic rings. The van der Waals surface area contributed by atoms with E-state index < -0.39 is 28.3 Å². The van der Waals surface area contributed by atoms with Crippen LogP contribution in [0, 0.1) is 6.92 Å². The fourth-order valence-corrected chi connectivity index (χ4v) is 5.67. The monoisotopic (exact) mass is 424 g/mol. The highest BCUT2D eigenvalue weighted by molar-refractivity contribution is 7.91. The molecular formula is C17H20N4O5S2. The highest BCUT2D eigenvalue weighted by Gasteiger charge is 2.34. The van der Waals surface area contributed by atoms with Crippen LogP contribution in [-0.4, -0.2) is 70.8 Å². The van der Waals surface area contributed by atoms with E-state index in [-0.39, 0.29) is 22.4 Å². The number of sulfone groups is 1. The molecule has 0 radical (unpaired) electrons. The quantitative estimate of drug-likeness (QED) is 0.632. The van der Waals surface area contributed by atoms with Crippen molar-refractivity contribution in [2.75, 3.05) is 24.7 Å². The van der Waals surface area contributed by atoms with Gasteiger partial charge in [0.25, 0.3) is 5.91 Å². The van der Waals surface area contributed by atoms with E-state index in [1.807, 2.05) is 0 Å².